The number of nitro groups is 2. The summed E-state index contributed by atoms with van der Waals surface area (Å²) in [6.07, 6.45) is 0.876. The number of hydrogen-bond donors (Lipinski definition) is 0. The number of rotatable bonds is 7. The van der Waals surface area contributed by atoms with E-state index in [2.05, 4.69) is 26.8 Å². The summed E-state index contributed by atoms with van der Waals surface area (Å²) in [7, 11) is 0. The van der Waals surface area contributed by atoms with Gasteiger partial charge in [-0.2, -0.15) is 0 Å². The van der Waals surface area contributed by atoms with Crippen LogP contribution in [0.3, 0.4) is 0 Å². The van der Waals surface area contributed by atoms with Gasteiger partial charge >= 0.3 is 0 Å². The van der Waals surface area contributed by atoms with Crippen molar-refractivity contribution in [3.8, 4) is 23.0 Å². The highest BCUT2D eigenvalue weighted by Gasteiger charge is 2.45. The minimum absolute atomic E-state index is 0.0259. The average Bonchev–Trinajstić information content (AvgIpc) is 3.10. The molecule has 8 heteroatoms. The van der Waals surface area contributed by atoms with Gasteiger partial charge in [0.15, 0.2) is 0 Å². The molecule has 1 aliphatic rings. The molecule has 0 N–H and O–H groups in total. The summed E-state index contributed by atoms with van der Waals surface area (Å²) in [5, 5.41) is 22.2. The second kappa shape index (κ2) is 9.30. The molecule has 4 aromatic rings. The molecular weight excluding hydrogens is 484 g/mol. The predicted octanol–water partition coefficient (Wildman–Crippen LogP) is 8.07. The van der Waals surface area contributed by atoms with Crippen LogP contribution in [0.2, 0.25) is 0 Å². The summed E-state index contributed by atoms with van der Waals surface area (Å²) in [6.45, 7) is 6.64. The Hall–Kier alpha value is -4.72. The van der Waals surface area contributed by atoms with Gasteiger partial charge in [-0.3, -0.25) is 20.2 Å². The molecule has 192 valence electrons. The zero-order chi connectivity index (χ0) is 27.1. The van der Waals surface area contributed by atoms with E-state index in [1.54, 1.807) is 24.3 Å². The molecule has 0 aromatic heterocycles. The highest BCUT2D eigenvalue weighted by atomic mass is 16.6. The Morgan fingerprint density at radius 2 is 1.13 bits per heavy atom. The molecule has 38 heavy (non-hydrogen) atoms. The number of nitro benzene ring substituents is 2. The lowest BCUT2D eigenvalue weighted by atomic mass is 9.75. The van der Waals surface area contributed by atoms with E-state index in [1.165, 1.54) is 29.8 Å². The van der Waals surface area contributed by atoms with Crippen LogP contribution in [0.4, 0.5) is 11.4 Å². The average molecular weight is 511 g/mol. The molecule has 0 amide bonds. The van der Waals surface area contributed by atoms with Crippen molar-refractivity contribution in [1.82, 2.24) is 0 Å². The number of fused-ring (bicyclic) bond motifs is 1. The molecule has 5 rings (SSSR count). The van der Waals surface area contributed by atoms with E-state index in [0.29, 0.717) is 23.0 Å². The molecule has 1 unspecified atom stereocenters. The fourth-order valence-electron chi connectivity index (χ4n) is 5.45. The van der Waals surface area contributed by atoms with Gasteiger partial charge in [0.25, 0.3) is 11.4 Å². The van der Waals surface area contributed by atoms with E-state index in [0.717, 1.165) is 17.5 Å². The molecule has 0 saturated carbocycles. The fourth-order valence-corrected chi connectivity index (χ4v) is 5.45. The Bertz CT molecular complexity index is 1550. The van der Waals surface area contributed by atoms with Crippen molar-refractivity contribution in [2.75, 3.05) is 0 Å². The summed E-state index contributed by atoms with van der Waals surface area (Å²) in [6, 6.07) is 26.0. The smallest absolute Gasteiger partial charge is 0.273 e. The zero-order valence-corrected chi connectivity index (χ0v) is 21.2. The first-order valence-corrected chi connectivity index (χ1v) is 12.2. The number of non-ortho nitro benzene ring substituents is 2. The van der Waals surface area contributed by atoms with Gasteiger partial charge in [-0.25, -0.2) is 0 Å². The Labute approximate surface area is 219 Å². The highest BCUT2D eigenvalue weighted by Crippen LogP contribution is 2.54. The van der Waals surface area contributed by atoms with Crippen molar-refractivity contribution in [1.29, 1.82) is 0 Å². The quantitative estimate of drug-likeness (QED) is 0.184. The van der Waals surface area contributed by atoms with Crippen LogP contribution in [0, 0.1) is 20.2 Å². The van der Waals surface area contributed by atoms with Crippen molar-refractivity contribution in [3.05, 3.63) is 128 Å². The SMILES string of the molecule is CC1(C)CC(C)(c2ccc(Oc3cccc([N+](=O)[O-])c3)cc2)c2cc(Oc3cccc([N+](=O)[O-])c3)ccc21. The van der Waals surface area contributed by atoms with Crippen LogP contribution >= 0.6 is 0 Å². The summed E-state index contributed by atoms with van der Waals surface area (Å²) in [4.78, 5) is 21.3. The molecule has 0 bridgehead atoms. The minimum atomic E-state index is -0.451. The molecule has 1 atom stereocenters. The van der Waals surface area contributed by atoms with Crippen molar-refractivity contribution >= 4 is 11.4 Å². The third-order valence-corrected chi connectivity index (χ3v) is 7.13. The van der Waals surface area contributed by atoms with E-state index in [4.69, 9.17) is 9.47 Å². The van der Waals surface area contributed by atoms with E-state index >= 15 is 0 Å². The Morgan fingerprint density at radius 1 is 0.632 bits per heavy atom. The predicted molar refractivity (Wildman–Crippen MR) is 143 cm³/mol. The van der Waals surface area contributed by atoms with E-state index in [9.17, 15) is 20.2 Å². The zero-order valence-electron chi connectivity index (χ0n) is 21.2. The van der Waals surface area contributed by atoms with E-state index < -0.39 is 9.85 Å². The number of benzene rings is 4. The number of hydrogen-bond acceptors (Lipinski definition) is 6. The molecule has 0 saturated heterocycles. The molecule has 0 aliphatic heterocycles. The molecule has 0 radical (unpaired) electrons. The molecule has 0 spiro atoms. The molecule has 8 nitrogen and oxygen atoms in total. The van der Waals surface area contributed by atoms with Crippen LogP contribution in [-0.2, 0) is 10.8 Å². The van der Waals surface area contributed by atoms with Gasteiger partial charge < -0.3 is 9.47 Å². The third-order valence-electron chi connectivity index (χ3n) is 7.13. The maximum absolute atomic E-state index is 11.2. The van der Waals surface area contributed by atoms with Crippen LogP contribution in [0.5, 0.6) is 23.0 Å². The summed E-state index contributed by atoms with van der Waals surface area (Å²) >= 11 is 0. The summed E-state index contributed by atoms with van der Waals surface area (Å²) in [5.74, 6) is 1.99. The maximum atomic E-state index is 11.2. The molecule has 1 aliphatic carbocycles. The van der Waals surface area contributed by atoms with E-state index in [1.807, 2.05) is 36.4 Å². The summed E-state index contributed by atoms with van der Waals surface area (Å²) in [5.41, 5.74) is 3.02. The molecule has 0 heterocycles. The van der Waals surface area contributed by atoms with Gasteiger partial charge in [0.1, 0.15) is 23.0 Å². The standard InChI is InChI=1S/C30H26N2O6/c1-29(2)19-30(3,20-10-12-23(13-11-20)37-24-8-4-6-21(16-24)31(33)34)28-18-26(14-15-27(28)29)38-25-9-5-7-22(17-25)32(35)36/h4-18H,19H2,1-3H3. The normalized spacial score (nSPS) is 17.4. The first-order valence-electron chi connectivity index (χ1n) is 12.2. The first kappa shape index (κ1) is 25.0. The van der Waals surface area contributed by atoms with Crippen molar-refractivity contribution in [2.45, 2.75) is 38.0 Å². The summed E-state index contributed by atoms with van der Waals surface area (Å²) < 4.78 is 11.9. The van der Waals surface area contributed by atoms with Crippen LogP contribution in [0.25, 0.3) is 0 Å². The maximum Gasteiger partial charge on any atom is 0.273 e. The van der Waals surface area contributed by atoms with Gasteiger partial charge in [-0.1, -0.05) is 51.1 Å². The Kier molecular flexibility index (Phi) is 6.11. The first-order chi connectivity index (χ1) is 18.0. The molecular formula is C30H26N2O6. The van der Waals surface area contributed by atoms with Gasteiger partial charge in [-0.05, 0) is 64.9 Å². The van der Waals surface area contributed by atoms with Gasteiger partial charge in [0.05, 0.1) is 22.0 Å². The van der Waals surface area contributed by atoms with Gasteiger partial charge in [0.2, 0.25) is 0 Å². The lowest BCUT2D eigenvalue weighted by molar-refractivity contribution is -0.385. The van der Waals surface area contributed by atoms with Crippen LogP contribution < -0.4 is 9.47 Å². The Morgan fingerprint density at radius 3 is 1.68 bits per heavy atom. The Balaban J connectivity index is 1.44. The van der Waals surface area contributed by atoms with Crippen molar-refractivity contribution in [3.63, 3.8) is 0 Å². The second-order valence-corrected chi connectivity index (χ2v) is 10.3. The van der Waals surface area contributed by atoms with Crippen LogP contribution in [0.1, 0.15) is 43.9 Å². The van der Waals surface area contributed by atoms with Crippen LogP contribution in [-0.4, -0.2) is 9.85 Å². The van der Waals surface area contributed by atoms with E-state index in [-0.39, 0.29) is 22.2 Å². The highest BCUT2D eigenvalue weighted by molar-refractivity contribution is 5.55. The van der Waals surface area contributed by atoms with Gasteiger partial charge in [0, 0.05) is 17.5 Å². The number of nitrogens with zero attached hydrogens (tertiary/aromatic N) is 2. The fraction of sp³-hybridized carbons (Fsp3) is 0.200. The van der Waals surface area contributed by atoms with Crippen molar-refractivity contribution < 1.29 is 19.3 Å². The second-order valence-electron chi connectivity index (χ2n) is 10.3. The monoisotopic (exact) mass is 510 g/mol. The lowest BCUT2D eigenvalue weighted by Gasteiger charge is -2.28. The third kappa shape index (κ3) is 4.68. The largest absolute Gasteiger partial charge is 0.457 e. The van der Waals surface area contributed by atoms with Crippen LogP contribution in [0.15, 0.2) is 91.0 Å². The van der Waals surface area contributed by atoms with Crippen molar-refractivity contribution in [2.24, 2.45) is 0 Å². The van der Waals surface area contributed by atoms with Gasteiger partial charge in [-0.15, -0.1) is 0 Å². The molecule has 4 aromatic carbocycles. The minimum Gasteiger partial charge on any atom is -0.457 e. The molecule has 0 fully saturated rings. The lowest BCUT2D eigenvalue weighted by Crippen LogP contribution is -2.23. The number of ether oxygens (including phenoxy) is 2. The topological polar surface area (TPSA) is 105 Å².